The van der Waals surface area contributed by atoms with Crippen LogP contribution >= 0.6 is 11.9 Å². The first-order valence-corrected chi connectivity index (χ1v) is 5.86. The van der Waals surface area contributed by atoms with Crippen LogP contribution in [0, 0.1) is 6.92 Å². The highest BCUT2D eigenvalue weighted by Crippen LogP contribution is 2.19. The molecule has 0 radical (unpaired) electrons. The zero-order valence-corrected chi connectivity index (χ0v) is 9.94. The van der Waals surface area contributed by atoms with E-state index in [4.69, 9.17) is 0 Å². The number of rotatable bonds is 3. The van der Waals surface area contributed by atoms with Gasteiger partial charge >= 0.3 is 0 Å². The second-order valence-corrected chi connectivity index (χ2v) is 3.07. The maximum atomic E-state index is 10.7. The molecule has 0 amide bonds. The normalized spacial score (nSPS) is 8.57. The van der Waals surface area contributed by atoms with Crippen LogP contribution in [0.1, 0.15) is 29.8 Å². The first-order chi connectivity index (χ1) is 6.79. The average molecular weight is 211 g/mol. The Balaban J connectivity index is 0.000000791. The van der Waals surface area contributed by atoms with E-state index in [1.54, 1.807) is 0 Å². The molecule has 0 aliphatic heterocycles. The van der Waals surface area contributed by atoms with Crippen molar-refractivity contribution in [3.8, 4) is 0 Å². The molecule has 14 heavy (non-hydrogen) atoms. The van der Waals surface area contributed by atoms with E-state index in [-0.39, 0.29) is 0 Å². The van der Waals surface area contributed by atoms with Gasteiger partial charge in [-0.15, -0.1) is 0 Å². The molecule has 0 saturated heterocycles. The van der Waals surface area contributed by atoms with Crippen molar-refractivity contribution in [2.24, 2.45) is 0 Å². The predicted molar refractivity (Wildman–Crippen MR) is 65.1 cm³/mol. The molecule has 3 heteroatoms. The van der Waals surface area contributed by atoms with Crippen molar-refractivity contribution in [3.63, 3.8) is 0 Å². The van der Waals surface area contributed by atoms with Crippen molar-refractivity contribution in [1.82, 2.24) is 0 Å². The lowest BCUT2D eigenvalue weighted by Gasteiger charge is -2.06. The molecule has 0 atom stereocenters. The molecule has 0 fully saturated rings. The van der Waals surface area contributed by atoms with Crippen LogP contribution in [0.5, 0.6) is 0 Å². The van der Waals surface area contributed by atoms with Gasteiger partial charge in [0.15, 0.2) is 6.29 Å². The van der Waals surface area contributed by atoms with Gasteiger partial charge in [-0.25, -0.2) is 0 Å². The quantitative estimate of drug-likeness (QED) is 0.612. The summed E-state index contributed by atoms with van der Waals surface area (Å²) in [4.78, 5) is 10.7. The molecule has 1 aromatic rings. The van der Waals surface area contributed by atoms with E-state index in [0.717, 1.165) is 23.1 Å². The highest BCUT2D eigenvalue weighted by Gasteiger charge is 2.02. The highest BCUT2D eigenvalue weighted by atomic mass is 32.2. The summed E-state index contributed by atoms with van der Waals surface area (Å²) < 4.78 is 3.05. The van der Waals surface area contributed by atoms with E-state index >= 15 is 0 Å². The van der Waals surface area contributed by atoms with Crippen LogP contribution in [0.15, 0.2) is 18.2 Å². The van der Waals surface area contributed by atoms with Crippen molar-refractivity contribution in [2.75, 3.05) is 11.0 Å². The molecule has 0 aliphatic rings. The van der Waals surface area contributed by atoms with Crippen molar-refractivity contribution in [2.45, 2.75) is 20.8 Å². The van der Waals surface area contributed by atoms with Crippen molar-refractivity contribution < 1.29 is 4.79 Å². The number of hydrogen-bond acceptors (Lipinski definition) is 3. The lowest BCUT2D eigenvalue weighted by Crippen LogP contribution is -1.94. The Kier molecular flexibility index (Phi) is 6.93. The smallest absolute Gasteiger partial charge is 0.152 e. The molecule has 1 N–H and O–H groups in total. The van der Waals surface area contributed by atoms with Crippen LogP contribution in [0.25, 0.3) is 0 Å². The standard InChI is InChI=1S/C9H11NOS.C2H6/c1-7-4-3-5-9(10-12-2)8(7)6-11;1-2/h3-6,10H,1-2H3;1-2H3. The molecule has 0 aliphatic carbocycles. The van der Waals surface area contributed by atoms with Gasteiger partial charge in [0, 0.05) is 11.8 Å². The molecule has 0 unspecified atom stereocenters. The van der Waals surface area contributed by atoms with Crippen LogP contribution in [-0.2, 0) is 0 Å². The topological polar surface area (TPSA) is 29.1 Å². The molecule has 0 heterocycles. The van der Waals surface area contributed by atoms with E-state index in [0.29, 0.717) is 0 Å². The third kappa shape index (κ3) is 3.42. The molecule has 0 bridgehead atoms. The van der Waals surface area contributed by atoms with E-state index in [2.05, 4.69) is 4.72 Å². The minimum absolute atomic E-state index is 0.742. The molecule has 1 rings (SSSR count). The first-order valence-electron chi connectivity index (χ1n) is 4.63. The summed E-state index contributed by atoms with van der Waals surface area (Å²) in [6.07, 6.45) is 2.81. The second kappa shape index (κ2) is 7.44. The first kappa shape index (κ1) is 13.0. The summed E-state index contributed by atoms with van der Waals surface area (Å²) in [6, 6.07) is 5.75. The largest absolute Gasteiger partial charge is 0.329 e. The third-order valence-electron chi connectivity index (χ3n) is 1.65. The van der Waals surface area contributed by atoms with Crippen LogP contribution in [0.3, 0.4) is 0 Å². The number of anilines is 1. The van der Waals surface area contributed by atoms with Crippen molar-refractivity contribution in [3.05, 3.63) is 29.3 Å². The van der Waals surface area contributed by atoms with Crippen molar-refractivity contribution in [1.29, 1.82) is 0 Å². The zero-order valence-electron chi connectivity index (χ0n) is 9.13. The molecular weight excluding hydrogens is 194 g/mol. The molecule has 2 nitrogen and oxygen atoms in total. The number of carbonyl (C=O) groups is 1. The number of hydrogen-bond donors (Lipinski definition) is 1. The zero-order chi connectivity index (χ0) is 11.0. The van der Waals surface area contributed by atoms with Crippen LogP contribution in [0.2, 0.25) is 0 Å². The molecular formula is C11H17NOS. The lowest BCUT2D eigenvalue weighted by atomic mass is 10.1. The Bertz CT molecular complexity index is 287. The lowest BCUT2D eigenvalue weighted by molar-refractivity contribution is 0.112. The fourth-order valence-electron chi connectivity index (χ4n) is 1.04. The Hall–Kier alpha value is -0.960. The summed E-state index contributed by atoms with van der Waals surface area (Å²) in [5, 5.41) is 0. The van der Waals surface area contributed by atoms with E-state index in [9.17, 15) is 4.79 Å². The maximum Gasteiger partial charge on any atom is 0.152 e. The van der Waals surface area contributed by atoms with E-state index in [1.165, 1.54) is 11.9 Å². The molecule has 0 saturated carbocycles. The Labute approximate surface area is 90.2 Å². The van der Waals surface area contributed by atoms with Gasteiger partial charge in [-0.3, -0.25) is 4.79 Å². The number of benzene rings is 1. The van der Waals surface area contributed by atoms with E-state index in [1.807, 2.05) is 45.2 Å². The number of carbonyl (C=O) groups excluding carboxylic acids is 1. The van der Waals surface area contributed by atoms with Gasteiger partial charge < -0.3 is 4.72 Å². The molecule has 0 aromatic heterocycles. The summed E-state index contributed by atoms with van der Waals surface area (Å²) in [6.45, 7) is 5.93. The highest BCUT2D eigenvalue weighted by molar-refractivity contribution is 7.99. The molecule has 0 spiro atoms. The summed E-state index contributed by atoms with van der Waals surface area (Å²) in [5.41, 5.74) is 2.63. The van der Waals surface area contributed by atoms with Crippen molar-refractivity contribution >= 4 is 23.9 Å². The second-order valence-electron chi connectivity index (χ2n) is 2.46. The van der Waals surface area contributed by atoms with Gasteiger partial charge in [-0.1, -0.05) is 37.9 Å². The Morgan fingerprint density at radius 2 is 2.00 bits per heavy atom. The number of nitrogens with one attached hydrogen (secondary N) is 1. The van der Waals surface area contributed by atoms with Gasteiger partial charge in [0.25, 0.3) is 0 Å². The van der Waals surface area contributed by atoms with Gasteiger partial charge in [0.2, 0.25) is 0 Å². The van der Waals surface area contributed by atoms with Gasteiger partial charge in [-0.2, -0.15) is 0 Å². The van der Waals surface area contributed by atoms with Crippen LogP contribution in [0.4, 0.5) is 5.69 Å². The van der Waals surface area contributed by atoms with Gasteiger partial charge in [-0.05, 0) is 18.6 Å². The Morgan fingerprint density at radius 1 is 1.36 bits per heavy atom. The maximum absolute atomic E-state index is 10.7. The monoisotopic (exact) mass is 211 g/mol. The van der Waals surface area contributed by atoms with Crippen LogP contribution < -0.4 is 4.72 Å². The summed E-state index contributed by atoms with van der Waals surface area (Å²) in [7, 11) is 0. The SMILES string of the molecule is CC.CSNc1cccc(C)c1C=O. The van der Waals surface area contributed by atoms with Gasteiger partial charge in [0.1, 0.15) is 0 Å². The summed E-state index contributed by atoms with van der Waals surface area (Å²) in [5.74, 6) is 0. The minimum Gasteiger partial charge on any atom is -0.329 e. The number of aryl methyl sites for hydroxylation is 1. The fourth-order valence-corrected chi connectivity index (χ4v) is 1.43. The van der Waals surface area contributed by atoms with Gasteiger partial charge in [0.05, 0.1) is 5.69 Å². The Morgan fingerprint density at radius 3 is 2.50 bits per heavy atom. The summed E-state index contributed by atoms with van der Waals surface area (Å²) >= 11 is 1.48. The van der Waals surface area contributed by atoms with E-state index < -0.39 is 0 Å². The molecule has 1 aromatic carbocycles. The minimum atomic E-state index is 0.742. The van der Waals surface area contributed by atoms with Crippen LogP contribution in [-0.4, -0.2) is 12.5 Å². The fraction of sp³-hybridized carbons (Fsp3) is 0.364. The average Bonchev–Trinajstić information content (AvgIpc) is 2.22. The molecule has 78 valence electrons. The third-order valence-corrected chi connectivity index (χ3v) is 2.08. The number of aldehydes is 1. The predicted octanol–water partition coefficient (Wildman–Crippen LogP) is 3.52.